The number of amides is 1. The van der Waals surface area contributed by atoms with Gasteiger partial charge in [-0.05, 0) is 34.1 Å². The minimum absolute atomic E-state index is 0.0443. The molecule has 0 bridgehead atoms. The maximum Gasteiger partial charge on any atom is 0.241 e. The van der Waals surface area contributed by atoms with Gasteiger partial charge in [0.15, 0.2) is 0 Å². The summed E-state index contributed by atoms with van der Waals surface area (Å²) >= 11 is 8.38. The number of nitrogens with two attached hydrogens (primary N) is 1. The van der Waals surface area contributed by atoms with E-state index >= 15 is 0 Å². The van der Waals surface area contributed by atoms with Crippen molar-refractivity contribution in [2.75, 3.05) is 32.6 Å². The Morgan fingerprint density at radius 1 is 1.39 bits per heavy atom. The Morgan fingerprint density at radius 2 is 2.00 bits per heavy atom. The van der Waals surface area contributed by atoms with Crippen molar-refractivity contribution in [3.05, 3.63) is 28.2 Å². The van der Waals surface area contributed by atoms with Crippen molar-refractivity contribution >= 4 is 44.7 Å². The number of hydrogen-bond acceptors (Lipinski definition) is 3. The summed E-state index contributed by atoms with van der Waals surface area (Å²) in [6, 6.07) is 5.59. The second kappa shape index (κ2) is 6.15. The number of anilines is 1. The average Bonchev–Trinajstić information content (AvgIpc) is 2.28. The van der Waals surface area contributed by atoms with Crippen LogP contribution in [0.3, 0.4) is 0 Å². The van der Waals surface area contributed by atoms with Crippen LogP contribution in [0.4, 0.5) is 5.69 Å². The molecule has 0 saturated heterocycles. The lowest BCUT2D eigenvalue weighted by Crippen LogP contribution is -2.34. The van der Waals surface area contributed by atoms with Crippen LogP contribution in [0.15, 0.2) is 22.7 Å². The molecule has 0 radical (unpaired) electrons. The molecule has 0 aliphatic heterocycles. The van der Waals surface area contributed by atoms with Crippen molar-refractivity contribution in [1.29, 1.82) is 0 Å². The molecule has 1 aromatic rings. The van der Waals surface area contributed by atoms with Gasteiger partial charge >= 0.3 is 0 Å². The highest BCUT2D eigenvalue weighted by Gasteiger charge is 2.12. The molecule has 1 rings (SSSR count). The summed E-state index contributed by atoms with van der Waals surface area (Å²) in [7, 11) is 5.34. The van der Waals surface area contributed by atoms with Gasteiger partial charge in [0, 0.05) is 31.2 Å². The molecule has 0 aliphatic carbocycles. The molecule has 0 unspecified atom stereocenters. The first kappa shape index (κ1) is 14.9. The molecule has 0 saturated carbocycles. The van der Waals surface area contributed by atoms with Gasteiger partial charge in [-0.15, -0.1) is 0 Å². The van der Waals surface area contributed by atoms with E-state index in [1.165, 1.54) is 0 Å². The van der Waals surface area contributed by atoms with Crippen LogP contribution in [-0.2, 0) is 4.79 Å². The van der Waals surface area contributed by atoms with E-state index in [0.29, 0.717) is 11.5 Å². The predicted molar refractivity (Wildman–Crippen MR) is 82.0 cm³/mol. The van der Waals surface area contributed by atoms with E-state index in [2.05, 4.69) is 15.9 Å². The van der Waals surface area contributed by atoms with Crippen molar-refractivity contribution < 1.29 is 4.79 Å². The van der Waals surface area contributed by atoms with E-state index < -0.39 is 0 Å². The van der Waals surface area contributed by atoms with Gasteiger partial charge in [0.1, 0.15) is 4.99 Å². The van der Waals surface area contributed by atoms with Crippen LogP contribution < -0.4 is 10.6 Å². The van der Waals surface area contributed by atoms with Crippen molar-refractivity contribution in [2.24, 2.45) is 5.73 Å². The summed E-state index contributed by atoms with van der Waals surface area (Å²) in [6.07, 6.45) is 0. The molecule has 4 nitrogen and oxygen atoms in total. The largest absolute Gasteiger partial charge is 0.389 e. The van der Waals surface area contributed by atoms with Crippen LogP contribution >= 0.6 is 28.1 Å². The van der Waals surface area contributed by atoms with Gasteiger partial charge in [-0.1, -0.05) is 12.2 Å². The monoisotopic (exact) mass is 329 g/mol. The summed E-state index contributed by atoms with van der Waals surface area (Å²) in [6.45, 7) is 0.317. The van der Waals surface area contributed by atoms with Crippen LogP contribution in [0.1, 0.15) is 5.56 Å². The number of carbonyl (C=O) groups is 1. The summed E-state index contributed by atoms with van der Waals surface area (Å²) in [5.74, 6) is 0.0443. The fourth-order valence-electron chi connectivity index (χ4n) is 1.40. The summed E-state index contributed by atoms with van der Waals surface area (Å²) in [5.41, 5.74) is 7.29. The first-order valence-electron chi connectivity index (χ1n) is 5.33. The molecule has 0 spiro atoms. The number of hydrogen-bond donors (Lipinski definition) is 1. The zero-order valence-electron chi connectivity index (χ0n) is 10.6. The third-order valence-electron chi connectivity index (χ3n) is 2.51. The molecule has 1 amide bonds. The van der Waals surface area contributed by atoms with Gasteiger partial charge in [-0.3, -0.25) is 4.79 Å². The summed E-state index contributed by atoms with van der Waals surface area (Å²) < 4.78 is 0.863. The van der Waals surface area contributed by atoms with E-state index in [1.54, 1.807) is 19.0 Å². The Hall–Kier alpha value is -1.14. The van der Waals surface area contributed by atoms with Crippen molar-refractivity contribution in [3.63, 3.8) is 0 Å². The molecule has 1 aromatic carbocycles. The molecule has 0 atom stereocenters. The van der Waals surface area contributed by atoms with Gasteiger partial charge in [0.2, 0.25) is 5.91 Å². The fraction of sp³-hybridized carbons (Fsp3) is 0.333. The standard InChI is InChI=1S/C12H16BrN3OS/c1-15(2)11(17)7-16(3)10-5-4-8(12(14)18)6-9(10)13/h4-6H,7H2,1-3H3,(H2,14,18). The maximum absolute atomic E-state index is 11.6. The number of likely N-dealkylation sites (N-methyl/N-ethyl adjacent to an activating group) is 2. The van der Waals surface area contributed by atoms with E-state index in [0.717, 1.165) is 15.7 Å². The van der Waals surface area contributed by atoms with Crippen molar-refractivity contribution in [3.8, 4) is 0 Å². The van der Waals surface area contributed by atoms with Crippen LogP contribution in [0, 0.1) is 0 Å². The Morgan fingerprint density at radius 3 is 2.44 bits per heavy atom. The van der Waals surface area contributed by atoms with E-state index in [1.807, 2.05) is 30.1 Å². The third kappa shape index (κ3) is 3.68. The van der Waals surface area contributed by atoms with E-state index in [4.69, 9.17) is 18.0 Å². The van der Waals surface area contributed by atoms with Crippen LogP contribution in [0.2, 0.25) is 0 Å². The molecule has 0 aromatic heterocycles. The van der Waals surface area contributed by atoms with Gasteiger partial charge in [-0.25, -0.2) is 0 Å². The van der Waals surface area contributed by atoms with Crippen molar-refractivity contribution in [1.82, 2.24) is 4.90 Å². The lowest BCUT2D eigenvalue weighted by Gasteiger charge is -2.22. The third-order valence-corrected chi connectivity index (χ3v) is 3.39. The molecule has 98 valence electrons. The fourth-order valence-corrected chi connectivity index (χ4v) is 2.21. The second-order valence-electron chi connectivity index (χ2n) is 4.17. The first-order chi connectivity index (χ1) is 8.32. The van der Waals surface area contributed by atoms with Gasteiger partial charge < -0.3 is 15.5 Å². The summed E-state index contributed by atoms with van der Waals surface area (Å²) in [4.78, 5) is 15.4. The molecule has 18 heavy (non-hydrogen) atoms. The minimum Gasteiger partial charge on any atom is -0.389 e. The molecule has 0 fully saturated rings. The number of carbonyl (C=O) groups excluding carboxylic acids is 1. The highest BCUT2D eigenvalue weighted by molar-refractivity contribution is 9.10. The smallest absolute Gasteiger partial charge is 0.241 e. The molecule has 0 aliphatic rings. The predicted octanol–water partition coefficient (Wildman–Crippen LogP) is 1.61. The van der Waals surface area contributed by atoms with Gasteiger partial charge in [-0.2, -0.15) is 0 Å². The number of rotatable bonds is 4. The second-order valence-corrected chi connectivity index (χ2v) is 5.47. The molecule has 0 heterocycles. The molecule has 6 heteroatoms. The average molecular weight is 330 g/mol. The number of thiocarbonyl (C=S) groups is 1. The highest BCUT2D eigenvalue weighted by atomic mass is 79.9. The Kier molecular flexibility index (Phi) is 5.10. The molecular weight excluding hydrogens is 314 g/mol. The summed E-state index contributed by atoms with van der Waals surface area (Å²) in [5, 5.41) is 0. The normalized spacial score (nSPS) is 10.0. The van der Waals surface area contributed by atoms with Crippen molar-refractivity contribution in [2.45, 2.75) is 0 Å². The maximum atomic E-state index is 11.6. The lowest BCUT2D eigenvalue weighted by molar-refractivity contribution is -0.127. The number of halogens is 1. The lowest BCUT2D eigenvalue weighted by atomic mass is 10.2. The Labute approximate surface area is 121 Å². The SMILES string of the molecule is CN(C)C(=O)CN(C)c1ccc(C(N)=S)cc1Br. The van der Waals surface area contributed by atoms with Gasteiger partial charge in [0.25, 0.3) is 0 Å². The minimum atomic E-state index is 0.0443. The first-order valence-corrected chi connectivity index (χ1v) is 6.53. The van der Waals surface area contributed by atoms with E-state index in [9.17, 15) is 4.79 Å². The zero-order valence-corrected chi connectivity index (χ0v) is 13.0. The van der Waals surface area contributed by atoms with Gasteiger partial charge in [0.05, 0.1) is 12.2 Å². The molecule has 2 N–H and O–H groups in total. The number of nitrogens with zero attached hydrogens (tertiary/aromatic N) is 2. The highest BCUT2D eigenvalue weighted by Crippen LogP contribution is 2.26. The zero-order chi connectivity index (χ0) is 13.9. The van der Waals surface area contributed by atoms with Crippen LogP contribution in [0.5, 0.6) is 0 Å². The Balaban J connectivity index is 2.90. The number of benzene rings is 1. The Bertz CT molecular complexity index is 476. The van der Waals surface area contributed by atoms with E-state index in [-0.39, 0.29) is 5.91 Å². The quantitative estimate of drug-likeness (QED) is 0.852. The topological polar surface area (TPSA) is 49.6 Å². The molecular formula is C12H16BrN3OS. The van der Waals surface area contributed by atoms with Crippen LogP contribution in [-0.4, -0.2) is 43.5 Å². The van der Waals surface area contributed by atoms with Crippen LogP contribution in [0.25, 0.3) is 0 Å².